The molecular formula is C29H30N4O5S. The van der Waals surface area contributed by atoms with Crippen LogP contribution in [0.15, 0.2) is 71.8 Å². The number of amides is 2. The molecule has 202 valence electrons. The van der Waals surface area contributed by atoms with Gasteiger partial charge in [-0.1, -0.05) is 42.5 Å². The molecule has 3 heterocycles. The molecule has 3 aromatic rings. The SMILES string of the molecule is Cc1cccc(S(=O)(=O)N2CC(CC3CCC(=O)N3)C(=O)c3ncc(NC(=O)[C@@H](C)c4ccccc4)cc32)c1. The van der Waals surface area contributed by atoms with E-state index in [0.717, 1.165) is 11.1 Å². The molecule has 5 rings (SSSR count). The summed E-state index contributed by atoms with van der Waals surface area (Å²) >= 11 is 0. The van der Waals surface area contributed by atoms with Crippen molar-refractivity contribution in [1.29, 1.82) is 0 Å². The molecule has 2 aromatic carbocycles. The van der Waals surface area contributed by atoms with Crippen LogP contribution in [0.5, 0.6) is 0 Å². The van der Waals surface area contributed by atoms with Crippen LogP contribution in [0.3, 0.4) is 0 Å². The average molecular weight is 547 g/mol. The number of nitrogens with zero attached hydrogens (tertiary/aromatic N) is 2. The molecule has 10 heteroatoms. The minimum atomic E-state index is -4.06. The Kier molecular flexibility index (Phi) is 7.22. The number of carbonyl (C=O) groups excluding carboxylic acids is 3. The number of aryl methyl sites for hydroxylation is 1. The van der Waals surface area contributed by atoms with Gasteiger partial charge in [0.05, 0.1) is 28.4 Å². The highest BCUT2D eigenvalue weighted by Crippen LogP contribution is 2.37. The first kappa shape index (κ1) is 26.6. The van der Waals surface area contributed by atoms with Gasteiger partial charge in [0.25, 0.3) is 10.0 Å². The summed E-state index contributed by atoms with van der Waals surface area (Å²) in [7, 11) is -4.06. The number of carbonyl (C=O) groups is 3. The van der Waals surface area contributed by atoms with Gasteiger partial charge in [0.1, 0.15) is 5.69 Å². The highest BCUT2D eigenvalue weighted by molar-refractivity contribution is 7.92. The summed E-state index contributed by atoms with van der Waals surface area (Å²) in [5.41, 5.74) is 2.06. The molecule has 1 saturated heterocycles. The standard InChI is InChI=1S/C29H30N4O5S/c1-18-7-6-10-24(13-18)39(37,38)33-17-21(14-22-11-12-26(34)31-22)28(35)27-25(33)15-23(16-30-27)32-29(36)19(2)20-8-4-3-5-9-20/h3-10,13,15-16,19,21-22H,11-12,14,17H2,1-2H3,(H,31,34)(H,32,36)/t19-,21?,22?/m0/s1. The number of hydrogen-bond donors (Lipinski definition) is 2. The molecule has 0 spiro atoms. The average Bonchev–Trinajstić information content (AvgIpc) is 3.34. The third-order valence-electron chi connectivity index (χ3n) is 7.32. The van der Waals surface area contributed by atoms with Crippen molar-refractivity contribution in [2.24, 2.45) is 5.92 Å². The maximum absolute atomic E-state index is 13.9. The largest absolute Gasteiger partial charge is 0.353 e. The van der Waals surface area contributed by atoms with Crippen LogP contribution in [0.4, 0.5) is 11.4 Å². The van der Waals surface area contributed by atoms with Crippen molar-refractivity contribution in [3.8, 4) is 0 Å². The van der Waals surface area contributed by atoms with Crippen molar-refractivity contribution >= 4 is 39.0 Å². The van der Waals surface area contributed by atoms with Gasteiger partial charge < -0.3 is 10.6 Å². The van der Waals surface area contributed by atoms with Gasteiger partial charge in [0.2, 0.25) is 11.8 Å². The fourth-order valence-electron chi connectivity index (χ4n) is 5.13. The molecule has 0 saturated carbocycles. The van der Waals surface area contributed by atoms with Crippen LogP contribution in [0.1, 0.15) is 53.7 Å². The third-order valence-corrected chi connectivity index (χ3v) is 9.09. The van der Waals surface area contributed by atoms with Crippen LogP contribution in [0.25, 0.3) is 0 Å². The maximum Gasteiger partial charge on any atom is 0.264 e. The number of fused-ring (bicyclic) bond motifs is 1. The predicted octanol–water partition coefficient (Wildman–Crippen LogP) is 3.81. The number of rotatable bonds is 7. The number of ketones is 1. The number of nitrogens with one attached hydrogen (secondary N) is 2. The number of sulfonamides is 1. The zero-order valence-electron chi connectivity index (χ0n) is 21.8. The van der Waals surface area contributed by atoms with Gasteiger partial charge in [-0.25, -0.2) is 13.4 Å². The molecule has 0 bridgehead atoms. The summed E-state index contributed by atoms with van der Waals surface area (Å²) in [6.07, 6.45) is 2.68. The molecule has 2 aliphatic heterocycles. The molecule has 2 unspecified atom stereocenters. The highest BCUT2D eigenvalue weighted by Gasteiger charge is 2.41. The fraction of sp³-hybridized carbons (Fsp3) is 0.310. The van der Waals surface area contributed by atoms with E-state index < -0.39 is 21.9 Å². The Morgan fingerprint density at radius 1 is 1.13 bits per heavy atom. The summed E-state index contributed by atoms with van der Waals surface area (Å²) in [5.74, 6) is -1.77. The van der Waals surface area contributed by atoms with Crippen LogP contribution in [-0.2, 0) is 19.6 Å². The van der Waals surface area contributed by atoms with E-state index >= 15 is 0 Å². The highest BCUT2D eigenvalue weighted by atomic mass is 32.2. The van der Waals surface area contributed by atoms with E-state index in [1.807, 2.05) is 30.3 Å². The third kappa shape index (κ3) is 5.42. The topological polar surface area (TPSA) is 126 Å². The minimum Gasteiger partial charge on any atom is -0.353 e. The Bertz CT molecular complexity index is 1540. The van der Waals surface area contributed by atoms with Crippen LogP contribution in [0.2, 0.25) is 0 Å². The van der Waals surface area contributed by atoms with Gasteiger partial charge >= 0.3 is 0 Å². The van der Waals surface area contributed by atoms with E-state index in [2.05, 4.69) is 15.6 Å². The van der Waals surface area contributed by atoms with Crippen LogP contribution < -0.4 is 14.9 Å². The summed E-state index contributed by atoms with van der Waals surface area (Å²) in [6, 6.07) is 17.2. The monoisotopic (exact) mass is 546 g/mol. The first-order valence-corrected chi connectivity index (χ1v) is 14.4. The Morgan fingerprint density at radius 3 is 2.59 bits per heavy atom. The van der Waals surface area contributed by atoms with E-state index in [1.165, 1.54) is 22.6 Å². The van der Waals surface area contributed by atoms with Gasteiger partial charge in [-0.2, -0.15) is 0 Å². The quantitative estimate of drug-likeness (QED) is 0.464. The summed E-state index contributed by atoms with van der Waals surface area (Å²) in [4.78, 5) is 42.6. The molecule has 39 heavy (non-hydrogen) atoms. The second-order valence-electron chi connectivity index (χ2n) is 10.2. The van der Waals surface area contributed by atoms with Crippen molar-refractivity contribution in [1.82, 2.24) is 10.3 Å². The van der Waals surface area contributed by atoms with Gasteiger partial charge in [-0.3, -0.25) is 18.7 Å². The fourth-order valence-corrected chi connectivity index (χ4v) is 6.74. The molecule has 9 nitrogen and oxygen atoms in total. The Balaban J connectivity index is 1.50. The summed E-state index contributed by atoms with van der Waals surface area (Å²) < 4.78 is 29.0. The Hall–Kier alpha value is -4.05. The zero-order chi connectivity index (χ0) is 27.7. The Morgan fingerprint density at radius 2 is 1.90 bits per heavy atom. The number of anilines is 2. The first-order valence-electron chi connectivity index (χ1n) is 12.9. The number of benzene rings is 2. The minimum absolute atomic E-state index is 0.0286. The first-order chi connectivity index (χ1) is 18.6. The summed E-state index contributed by atoms with van der Waals surface area (Å²) in [5, 5.41) is 5.69. The van der Waals surface area contributed by atoms with Crippen molar-refractivity contribution in [3.05, 3.63) is 83.7 Å². The van der Waals surface area contributed by atoms with Crippen molar-refractivity contribution in [3.63, 3.8) is 0 Å². The lowest BCUT2D eigenvalue weighted by atomic mass is 9.89. The molecule has 0 aliphatic carbocycles. The lowest BCUT2D eigenvalue weighted by Crippen LogP contribution is -2.45. The molecule has 3 atom stereocenters. The normalized spacial score (nSPS) is 19.8. The van der Waals surface area contributed by atoms with Gasteiger partial charge in [-0.05, 0) is 56.0 Å². The van der Waals surface area contributed by atoms with Gasteiger partial charge in [0, 0.05) is 24.9 Å². The van der Waals surface area contributed by atoms with Gasteiger partial charge in [0.15, 0.2) is 5.78 Å². The summed E-state index contributed by atoms with van der Waals surface area (Å²) in [6.45, 7) is 3.50. The van der Waals surface area contributed by atoms with E-state index in [1.54, 1.807) is 32.0 Å². The zero-order valence-corrected chi connectivity index (χ0v) is 22.6. The lowest BCUT2D eigenvalue weighted by Gasteiger charge is -2.34. The van der Waals surface area contributed by atoms with Crippen molar-refractivity contribution in [2.75, 3.05) is 16.2 Å². The number of Topliss-reactive ketones (excluding diaryl/α,β-unsaturated/α-hetero) is 1. The molecule has 2 amide bonds. The molecular weight excluding hydrogens is 516 g/mol. The maximum atomic E-state index is 13.9. The van der Waals surface area contributed by atoms with Crippen LogP contribution in [0, 0.1) is 12.8 Å². The van der Waals surface area contributed by atoms with E-state index in [0.29, 0.717) is 24.9 Å². The molecule has 2 aliphatic rings. The lowest BCUT2D eigenvalue weighted by molar-refractivity contribution is -0.119. The van der Waals surface area contributed by atoms with Crippen molar-refractivity contribution in [2.45, 2.75) is 50.0 Å². The van der Waals surface area contributed by atoms with E-state index in [9.17, 15) is 22.8 Å². The molecule has 0 radical (unpaired) electrons. The van der Waals surface area contributed by atoms with Crippen LogP contribution >= 0.6 is 0 Å². The molecule has 1 aromatic heterocycles. The van der Waals surface area contributed by atoms with E-state index in [4.69, 9.17) is 0 Å². The van der Waals surface area contributed by atoms with E-state index in [-0.39, 0.29) is 46.5 Å². The molecule has 2 N–H and O–H groups in total. The number of hydrogen-bond acceptors (Lipinski definition) is 6. The number of pyridine rings is 1. The van der Waals surface area contributed by atoms with Crippen LogP contribution in [-0.4, -0.2) is 43.6 Å². The van der Waals surface area contributed by atoms with Crippen molar-refractivity contribution < 1.29 is 22.8 Å². The molecule has 1 fully saturated rings. The number of aromatic nitrogens is 1. The van der Waals surface area contributed by atoms with Gasteiger partial charge in [-0.15, -0.1) is 0 Å². The predicted molar refractivity (Wildman–Crippen MR) is 147 cm³/mol. The Labute approximate surface area is 227 Å². The second-order valence-corrected chi connectivity index (χ2v) is 12.0. The second kappa shape index (κ2) is 10.6. The smallest absolute Gasteiger partial charge is 0.264 e.